The topological polar surface area (TPSA) is 92.5 Å². The molecule has 4 nitrogen and oxygen atoms in total. The standard InChI is InChI=1S/C14H12N2O2/c15-11-8-9(5-7-12(11)17)4-6-10-2-1-3-13(18)14(10)16/h1-3,5,7-8,17-18H,15-16H2. The van der Waals surface area contributed by atoms with E-state index in [0.29, 0.717) is 11.1 Å². The molecule has 6 N–H and O–H groups in total. The molecule has 2 rings (SSSR count). The van der Waals surface area contributed by atoms with Crippen molar-refractivity contribution in [2.24, 2.45) is 0 Å². The van der Waals surface area contributed by atoms with Crippen molar-refractivity contribution in [3.8, 4) is 23.3 Å². The first-order chi connectivity index (χ1) is 8.58. The highest BCUT2D eigenvalue weighted by Crippen LogP contribution is 2.23. The van der Waals surface area contributed by atoms with Crippen molar-refractivity contribution in [1.82, 2.24) is 0 Å². The Bertz CT molecular complexity index is 655. The Hall–Kier alpha value is -2.80. The van der Waals surface area contributed by atoms with Crippen molar-refractivity contribution in [2.45, 2.75) is 0 Å². The Labute approximate surface area is 104 Å². The van der Waals surface area contributed by atoms with Crippen LogP contribution in [-0.4, -0.2) is 10.2 Å². The Morgan fingerprint density at radius 2 is 1.67 bits per heavy atom. The summed E-state index contributed by atoms with van der Waals surface area (Å²) >= 11 is 0. The predicted molar refractivity (Wildman–Crippen MR) is 71.0 cm³/mol. The number of hydrogen-bond acceptors (Lipinski definition) is 4. The Morgan fingerprint density at radius 3 is 2.39 bits per heavy atom. The van der Waals surface area contributed by atoms with E-state index in [1.807, 2.05) is 0 Å². The molecule has 0 radical (unpaired) electrons. The lowest BCUT2D eigenvalue weighted by molar-refractivity contribution is 0.477. The van der Waals surface area contributed by atoms with Crippen molar-refractivity contribution in [3.63, 3.8) is 0 Å². The predicted octanol–water partition coefficient (Wildman–Crippen LogP) is 1.66. The van der Waals surface area contributed by atoms with E-state index < -0.39 is 0 Å². The second kappa shape index (κ2) is 4.60. The SMILES string of the molecule is Nc1cc(C#Cc2cccc(O)c2N)ccc1O. The summed E-state index contributed by atoms with van der Waals surface area (Å²) in [6.45, 7) is 0. The summed E-state index contributed by atoms with van der Waals surface area (Å²) in [6.07, 6.45) is 0. The van der Waals surface area contributed by atoms with Crippen LogP contribution in [-0.2, 0) is 0 Å². The normalized spacial score (nSPS) is 9.56. The fourth-order valence-electron chi connectivity index (χ4n) is 1.43. The molecule has 0 fully saturated rings. The monoisotopic (exact) mass is 240 g/mol. The lowest BCUT2D eigenvalue weighted by Gasteiger charge is -2.00. The number of phenolic OH excluding ortho intramolecular Hbond substituents is 2. The maximum Gasteiger partial charge on any atom is 0.139 e. The van der Waals surface area contributed by atoms with Gasteiger partial charge in [0.1, 0.15) is 11.5 Å². The molecular weight excluding hydrogens is 228 g/mol. The molecule has 0 aromatic heterocycles. The molecule has 0 saturated heterocycles. The number of anilines is 2. The van der Waals surface area contributed by atoms with Gasteiger partial charge in [-0.3, -0.25) is 0 Å². The molecule has 0 amide bonds. The average molecular weight is 240 g/mol. The van der Waals surface area contributed by atoms with E-state index in [2.05, 4.69) is 11.8 Å². The van der Waals surface area contributed by atoms with E-state index in [1.54, 1.807) is 24.3 Å². The molecule has 0 saturated carbocycles. The van der Waals surface area contributed by atoms with Gasteiger partial charge in [-0.1, -0.05) is 17.9 Å². The first-order valence-electron chi connectivity index (χ1n) is 5.26. The van der Waals surface area contributed by atoms with Crippen LogP contribution >= 0.6 is 0 Å². The van der Waals surface area contributed by atoms with Crippen LogP contribution in [0.3, 0.4) is 0 Å². The molecule has 0 atom stereocenters. The molecule has 90 valence electrons. The summed E-state index contributed by atoms with van der Waals surface area (Å²) in [6, 6.07) is 9.58. The van der Waals surface area contributed by atoms with E-state index in [0.717, 1.165) is 0 Å². The Morgan fingerprint density at radius 1 is 0.889 bits per heavy atom. The molecule has 0 aliphatic carbocycles. The first kappa shape index (κ1) is 11.7. The van der Waals surface area contributed by atoms with Crippen LogP contribution in [0.25, 0.3) is 0 Å². The molecule has 18 heavy (non-hydrogen) atoms. The summed E-state index contributed by atoms with van der Waals surface area (Å²) in [7, 11) is 0. The van der Waals surface area contributed by atoms with Crippen molar-refractivity contribution in [1.29, 1.82) is 0 Å². The van der Waals surface area contributed by atoms with Crippen molar-refractivity contribution in [3.05, 3.63) is 47.5 Å². The van der Waals surface area contributed by atoms with Gasteiger partial charge in [0.25, 0.3) is 0 Å². The van der Waals surface area contributed by atoms with Crippen LogP contribution < -0.4 is 11.5 Å². The molecule has 4 heteroatoms. The van der Waals surface area contributed by atoms with Gasteiger partial charge in [-0.2, -0.15) is 0 Å². The minimum Gasteiger partial charge on any atom is -0.506 e. The van der Waals surface area contributed by atoms with Crippen LogP contribution in [0.5, 0.6) is 11.5 Å². The van der Waals surface area contributed by atoms with Gasteiger partial charge in [0, 0.05) is 5.56 Å². The fraction of sp³-hybridized carbons (Fsp3) is 0. The molecule has 0 unspecified atom stereocenters. The molecule has 2 aromatic rings. The highest BCUT2D eigenvalue weighted by Gasteiger charge is 2.00. The second-order valence-electron chi connectivity index (χ2n) is 3.76. The molecular formula is C14H12N2O2. The molecule has 2 aromatic carbocycles. The minimum absolute atomic E-state index is 0.00650. The minimum atomic E-state index is 0.00650. The maximum atomic E-state index is 9.43. The lowest BCUT2D eigenvalue weighted by atomic mass is 10.1. The molecule has 0 heterocycles. The number of hydrogen-bond donors (Lipinski definition) is 4. The van der Waals surface area contributed by atoms with E-state index in [-0.39, 0.29) is 22.9 Å². The Balaban J connectivity index is 2.37. The van der Waals surface area contributed by atoms with Crippen LogP contribution in [0.15, 0.2) is 36.4 Å². The summed E-state index contributed by atoms with van der Waals surface area (Å²) in [5.41, 5.74) is 13.0. The van der Waals surface area contributed by atoms with Gasteiger partial charge in [-0.15, -0.1) is 0 Å². The number of rotatable bonds is 0. The number of benzene rings is 2. The zero-order valence-electron chi connectivity index (χ0n) is 9.51. The van der Waals surface area contributed by atoms with Gasteiger partial charge in [0.15, 0.2) is 0 Å². The third-order valence-corrected chi connectivity index (χ3v) is 2.45. The summed E-state index contributed by atoms with van der Waals surface area (Å²) in [5.74, 6) is 5.74. The van der Waals surface area contributed by atoms with Crippen LogP contribution in [0, 0.1) is 11.8 Å². The van der Waals surface area contributed by atoms with E-state index in [1.165, 1.54) is 12.1 Å². The number of nitrogen functional groups attached to an aromatic ring is 2. The van der Waals surface area contributed by atoms with Crippen molar-refractivity contribution >= 4 is 11.4 Å². The van der Waals surface area contributed by atoms with Gasteiger partial charge in [0.2, 0.25) is 0 Å². The van der Waals surface area contributed by atoms with Gasteiger partial charge >= 0.3 is 0 Å². The van der Waals surface area contributed by atoms with Gasteiger partial charge in [0.05, 0.1) is 16.9 Å². The van der Waals surface area contributed by atoms with Crippen molar-refractivity contribution < 1.29 is 10.2 Å². The average Bonchev–Trinajstić information content (AvgIpc) is 2.35. The number of nitrogens with two attached hydrogens (primary N) is 2. The molecule has 0 aliphatic rings. The van der Waals surface area contributed by atoms with Crippen LogP contribution in [0.2, 0.25) is 0 Å². The molecule has 0 spiro atoms. The smallest absolute Gasteiger partial charge is 0.139 e. The second-order valence-corrected chi connectivity index (χ2v) is 3.76. The first-order valence-corrected chi connectivity index (χ1v) is 5.26. The summed E-state index contributed by atoms with van der Waals surface area (Å²) in [4.78, 5) is 0. The van der Waals surface area contributed by atoms with Crippen molar-refractivity contribution in [2.75, 3.05) is 11.5 Å². The molecule has 0 bridgehead atoms. The summed E-state index contributed by atoms with van der Waals surface area (Å²) in [5, 5.41) is 18.7. The highest BCUT2D eigenvalue weighted by molar-refractivity contribution is 5.65. The van der Waals surface area contributed by atoms with Crippen LogP contribution in [0.1, 0.15) is 11.1 Å². The van der Waals surface area contributed by atoms with E-state index in [9.17, 15) is 10.2 Å². The number of aromatic hydroxyl groups is 2. The third-order valence-electron chi connectivity index (χ3n) is 2.45. The van der Waals surface area contributed by atoms with Gasteiger partial charge < -0.3 is 21.7 Å². The Kier molecular flexibility index (Phi) is 2.98. The number of para-hydroxylation sites is 1. The summed E-state index contributed by atoms with van der Waals surface area (Å²) < 4.78 is 0. The quantitative estimate of drug-likeness (QED) is 0.320. The van der Waals surface area contributed by atoms with E-state index >= 15 is 0 Å². The lowest BCUT2D eigenvalue weighted by Crippen LogP contribution is -1.90. The molecule has 0 aliphatic heterocycles. The third kappa shape index (κ3) is 2.30. The highest BCUT2D eigenvalue weighted by atomic mass is 16.3. The maximum absolute atomic E-state index is 9.43. The van der Waals surface area contributed by atoms with Crippen LogP contribution in [0.4, 0.5) is 11.4 Å². The van der Waals surface area contributed by atoms with Gasteiger partial charge in [-0.05, 0) is 30.3 Å². The number of phenols is 2. The van der Waals surface area contributed by atoms with Gasteiger partial charge in [-0.25, -0.2) is 0 Å². The largest absolute Gasteiger partial charge is 0.506 e. The zero-order chi connectivity index (χ0) is 13.1. The van der Waals surface area contributed by atoms with E-state index in [4.69, 9.17) is 11.5 Å². The zero-order valence-corrected chi connectivity index (χ0v) is 9.51. The fourth-order valence-corrected chi connectivity index (χ4v) is 1.43.